The van der Waals surface area contributed by atoms with Crippen molar-refractivity contribution in [2.45, 2.75) is 91.9 Å². The molecular formula is C24H42BN3O4. The lowest BCUT2D eigenvalue weighted by atomic mass is 9.81. The van der Waals surface area contributed by atoms with Gasteiger partial charge in [0.2, 0.25) is 0 Å². The van der Waals surface area contributed by atoms with Crippen molar-refractivity contribution in [3.8, 4) is 5.75 Å². The summed E-state index contributed by atoms with van der Waals surface area (Å²) >= 11 is 0. The van der Waals surface area contributed by atoms with E-state index in [0.29, 0.717) is 5.56 Å². The number of methoxy groups -OCH3 is 1. The van der Waals surface area contributed by atoms with Crippen molar-refractivity contribution in [2.24, 2.45) is 11.1 Å². The maximum absolute atomic E-state index is 12.9. The number of carbonyl (C=O) groups excluding carboxylic acids is 1. The number of aryl methyl sites for hydroxylation is 1. The van der Waals surface area contributed by atoms with Gasteiger partial charge < -0.3 is 19.8 Å². The van der Waals surface area contributed by atoms with E-state index in [4.69, 9.17) is 19.8 Å². The number of amides is 1. The molecule has 0 spiro atoms. The number of rotatable bonds is 8. The molecule has 8 heteroatoms. The summed E-state index contributed by atoms with van der Waals surface area (Å²) < 4.78 is 17.9. The summed E-state index contributed by atoms with van der Waals surface area (Å²) in [7, 11) is 3.22. The molecule has 1 unspecified atom stereocenters. The Morgan fingerprint density at radius 2 is 1.78 bits per heavy atom. The molecule has 1 atom stereocenters. The molecule has 1 aliphatic rings. The van der Waals surface area contributed by atoms with Gasteiger partial charge in [0.05, 0.1) is 24.5 Å². The minimum absolute atomic E-state index is 0.171. The number of hydrazine groups is 1. The smallest absolute Gasteiger partial charge is 0.457 e. The second-order valence-electron chi connectivity index (χ2n) is 10.9. The number of carbonyl (C=O) groups is 1. The molecule has 7 nitrogen and oxygen atoms in total. The van der Waals surface area contributed by atoms with Crippen molar-refractivity contribution in [2.75, 3.05) is 14.2 Å². The topological polar surface area (TPSA) is 86.1 Å². The Morgan fingerprint density at radius 3 is 2.28 bits per heavy atom. The van der Waals surface area contributed by atoms with E-state index in [1.807, 2.05) is 39.8 Å². The van der Waals surface area contributed by atoms with Crippen LogP contribution in [0.4, 0.5) is 0 Å². The van der Waals surface area contributed by atoms with Crippen LogP contribution in [0.3, 0.4) is 0 Å². The molecule has 1 aliphatic heterocycles. The van der Waals surface area contributed by atoms with Gasteiger partial charge in [-0.3, -0.25) is 10.2 Å². The maximum atomic E-state index is 12.9. The number of hydrogen-bond acceptors (Lipinski definition) is 6. The van der Waals surface area contributed by atoms with Crippen LogP contribution in [0, 0.1) is 12.3 Å². The van der Waals surface area contributed by atoms with Crippen molar-refractivity contribution >= 4 is 13.0 Å². The minimum Gasteiger partial charge on any atom is -0.496 e. The first-order chi connectivity index (χ1) is 14.6. The highest BCUT2D eigenvalue weighted by molar-refractivity contribution is 6.45. The van der Waals surface area contributed by atoms with E-state index in [-0.39, 0.29) is 35.8 Å². The molecule has 3 N–H and O–H groups in total. The lowest BCUT2D eigenvalue weighted by molar-refractivity contribution is 0.00578. The number of nitrogens with two attached hydrogens (primary N) is 1. The van der Waals surface area contributed by atoms with Crippen LogP contribution in [0.15, 0.2) is 12.1 Å². The SMILES string of the molecule is COc1c(CCCB2OC(C)(C)C(C)(C)O2)ccc(C(=O)NN(C)C(N)C(C)(C)C)c1C. The average molecular weight is 447 g/mol. The lowest BCUT2D eigenvalue weighted by Crippen LogP contribution is -2.55. The monoisotopic (exact) mass is 447 g/mol. The zero-order valence-corrected chi connectivity index (χ0v) is 21.6. The predicted octanol–water partition coefficient (Wildman–Crippen LogP) is 3.94. The first-order valence-electron chi connectivity index (χ1n) is 11.4. The van der Waals surface area contributed by atoms with Gasteiger partial charge in [-0.25, -0.2) is 5.01 Å². The van der Waals surface area contributed by atoms with E-state index < -0.39 is 0 Å². The van der Waals surface area contributed by atoms with Gasteiger partial charge in [-0.05, 0) is 64.4 Å². The van der Waals surface area contributed by atoms with E-state index in [9.17, 15) is 4.79 Å². The zero-order chi connectivity index (χ0) is 24.5. The molecule has 0 aliphatic carbocycles. The molecule has 0 aromatic heterocycles. The molecule has 1 heterocycles. The third-order valence-electron chi connectivity index (χ3n) is 6.71. The van der Waals surface area contributed by atoms with Gasteiger partial charge in [-0.15, -0.1) is 0 Å². The highest BCUT2D eigenvalue weighted by Crippen LogP contribution is 2.38. The summed E-state index contributed by atoms with van der Waals surface area (Å²) in [6.07, 6.45) is 2.18. The van der Waals surface area contributed by atoms with Crippen LogP contribution in [0.1, 0.15) is 76.4 Å². The van der Waals surface area contributed by atoms with Gasteiger partial charge in [-0.2, -0.15) is 0 Å². The van der Waals surface area contributed by atoms with Crippen LogP contribution >= 0.6 is 0 Å². The molecule has 1 aromatic carbocycles. The molecule has 1 saturated heterocycles. The lowest BCUT2D eigenvalue weighted by Gasteiger charge is -2.35. The van der Waals surface area contributed by atoms with Gasteiger partial charge in [0.15, 0.2) is 0 Å². The second kappa shape index (κ2) is 9.71. The van der Waals surface area contributed by atoms with Crippen LogP contribution in [-0.2, 0) is 15.7 Å². The van der Waals surface area contributed by atoms with Gasteiger partial charge in [0, 0.05) is 18.2 Å². The first kappa shape index (κ1) is 26.6. The van der Waals surface area contributed by atoms with Crippen LogP contribution < -0.4 is 15.9 Å². The largest absolute Gasteiger partial charge is 0.496 e. The molecular weight excluding hydrogens is 405 g/mol. The predicted molar refractivity (Wildman–Crippen MR) is 130 cm³/mol. The standard InChI is InChI=1S/C24H42BN3O4/c1-16-18(20(29)27-28(9)21(26)22(2,3)4)14-13-17(19(16)30-10)12-11-15-25-31-23(5,6)24(7,8)32-25/h13-14,21H,11-12,15,26H2,1-10H3,(H,27,29). The average Bonchev–Trinajstić information content (AvgIpc) is 2.86. The number of hydrogen-bond donors (Lipinski definition) is 2. The zero-order valence-electron chi connectivity index (χ0n) is 21.6. The van der Waals surface area contributed by atoms with Crippen LogP contribution in [0.25, 0.3) is 0 Å². The van der Waals surface area contributed by atoms with E-state index in [0.717, 1.165) is 36.0 Å². The number of nitrogens with zero attached hydrogens (tertiary/aromatic N) is 1. The van der Waals surface area contributed by atoms with E-state index in [1.165, 1.54) is 0 Å². The minimum atomic E-state index is -0.317. The Bertz CT molecular complexity index is 804. The van der Waals surface area contributed by atoms with E-state index in [1.54, 1.807) is 19.2 Å². The number of nitrogens with one attached hydrogen (secondary N) is 1. The number of benzene rings is 1. The Labute approximate surface area is 194 Å². The summed E-state index contributed by atoms with van der Waals surface area (Å²) in [5.74, 6) is 0.543. The van der Waals surface area contributed by atoms with Crippen molar-refractivity contribution in [3.63, 3.8) is 0 Å². The second-order valence-corrected chi connectivity index (χ2v) is 10.9. The maximum Gasteiger partial charge on any atom is 0.457 e. The Morgan fingerprint density at radius 1 is 1.22 bits per heavy atom. The molecule has 180 valence electrons. The Balaban J connectivity index is 2.05. The fourth-order valence-electron chi connectivity index (χ4n) is 3.89. The van der Waals surface area contributed by atoms with E-state index >= 15 is 0 Å². The molecule has 1 amide bonds. The summed E-state index contributed by atoms with van der Waals surface area (Å²) in [6.45, 7) is 16.3. The van der Waals surface area contributed by atoms with E-state index in [2.05, 4.69) is 33.1 Å². The number of ether oxygens (including phenoxy) is 1. The molecule has 2 rings (SSSR count). The Hall–Kier alpha value is -1.61. The highest BCUT2D eigenvalue weighted by atomic mass is 16.7. The molecule has 0 saturated carbocycles. The molecule has 32 heavy (non-hydrogen) atoms. The molecule has 1 aromatic rings. The quantitative estimate of drug-likeness (QED) is 0.357. The molecule has 0 radical (unpaired) electrons. The fourth-order valence-corrected chi connectivity index (χ4v) is 3.89. The Kier molecular flexibility index (Phi) is 8.09. The van der Waals surface area contributed by atoms with Crippen LogP contribution in [-0.4, -0.2) is 49.6 Å². The summed E-state index contributed by atoms with van der Waals surface area (Å²) in [4.78, 5) is 12.9. The highest BCUT2D eigenvalue weighted by Gasteiger charge is 2.50. The van der Waals surface area contributed by atoms with Crippen molar-refractivity contribution in [3.05, 3.63) is 28.8 Å². The molecule has 0 bridgehead atoms. The van der Waals surface area contributed by atoms with Crippen molar-refractivity contribution in [1.29, 1.82) is 0 Å². The molecule has 1 fully saturated rings. The fraction of sp³-hybridized carbons (Fsp3) is 0.708. The third kappa shape index (κ3) is 5.84. The van der Waals surface area contributed by atoms with Gasteiger partial charge >= 0.3 is 7.12 Å². The summed E-state index contributed by atoms with van der Waals surface area (Å²) in [6, 6.07) is 3.82. The first-order valence-corrected chi connectivity index (χ1v) is 11.4. The van der Waals surface area contributed by atoms with Gasteiger partial charge in [0.1, 0.15) is 5.75 Å². The summed E-state index contributed by atoms with van der Waals surface area (Å²) in [5.41, 5.74) is 10.8. The van der Waals surface area contributed by atoms with Crippen molar-refractivity contribution < 1.29 is 18.8 Å². The van der Waals surface area contributed by atoms with Gasteiger partial charge in [-0.1, -0.05) is 33.3 Å². The summed E-state index contributed by atoms with van der Waals surface area (Å²) in [5, 5.41) is 1.66. The van der Waals surface area contributed by atoms with Crippen LogP contribution in [0.2, 0.25) is 6.32 Å². The normalized spacial score (nSPS) is 18.7. The van der Waals surface area contributed by atoms with Crippen molar-refractivity contribution in [1.82, 2.24) is 10.4 Å². The van der Waals surface area contributed by atoms with Crippen LogP contribution in [0.5, 0.6) is 5.75 Å². The third-order valence-corrected chi connectivity index (χ3v) is 6.71. The van der Waals surface area contributed by atoms with Gasteiger partial charge in [0.25, 0.3) is 5.91 Å².